The van der Waals surface area contributed by atoms with Crippen LogP contribution in [0, 0.1) is 0 Å². The maximum atomic E-state index is 12.5. The fourth-order valence-corrected chi connectivity index (χ4v) is 2.95. The molecule has 0 saturated carbocycles. The summed E-state index contributed by atoms with van der Waals surface area (Å²) in [6, 6.07) is -0.0993. The zero-order chi connectivity index (χ0) is 12.3. The summed E-state index contributed by atoms with van der Waals surface area (Å²) in [4.78, 5) is 1.56. The molecule has 2 nitrogen and oxygen atoms in total. The number of rotatable bonds is 4. The summed E-state index contributed by atoms with van der Waals surface area (Å²) in [5.41, 5.74) is 0. The van der Waals surface area contributed by atoms with Crippen molar-refractivity contribution < 1.29 is 13.2 Å². The first-order valence-corrected chi connectivity index (χ1v) is 6.70. The molecule has 2 atom stereocenters. The summed E-state index contributed by atoms with van der Waals surface area (Å²) >= 11 is 1.64. The normalized spacial score (nSPS) is 27.0. The van der Waals surface area contributed by atoms with Crippen molar-refractivity contribution in [3.63, 3.8) is 0 Å². The Kier molecular flexibility index (Phi) is 4.94. The third kappa shape index (κ3) is 3.82. The highest BCUT2D eigenvalue weighted by atomic mass is 32.2. The molecule has 0 aromatic heterocycles. The number of thioether (sulfide) groups is 1. The average molecular weight is 256 g/mol. The molecular formula is C10H19F3N2S. The van der Waals surface area contributed by atoms with Crippen LogP contribution in [-0.4, -0.2) is 54.3 Å². The lowest BCUT2D eigenvalue weighted by Gasteiger charge is -2.35. The van der Waals surface area contributed by atoms with E-state index in [4.69, 9.17) is 0 Å². The average Bonchev–Trinajstić information content (AvgIpc) is 2.59. The van der Waals surface area contributed by atoms with E-state index in [0.29, 0.717) is 6.54 Å². The fourth-order valence-electron chi connectivity index (χ4n) is 2.10. The highest BCUT2D eigenvalue weighted by Gasteiger charge is 2.39. The Bertz CT molecular complexity index is 221. The molecular weight excluding hydrogens is 237 g/mol. The topological polar surface area (TPSA) is 15.3 Å². The smallest absolute Gasteiger partial charge is 0.314 e. The molecule has 2 unspecified atom stereocenters. The molecule has 1 rings (SSSR count). The number of nitrogens with one attached hydrogen (secondary N) is 1. The number of hydrogen-bond acceptors (Lipinski definition) is 3. The van der Waals surface area contributed by atoms with Crippen LogP contribution in [0.5, 0.6) is 0 Å². The molecule has 1 heterocycles. The van der Waals surface area contributed by atoms with Gasteiger partial charge in [0.05, 0.1) is 6.54 Å². The van der Waals surface area contributed by atoms with E-state index in [9.17, 15) is 13.2 Å². The maximum absolute atomic E-state index is 12.5. The summed E-state index contributed by atoms with van der Waals surface area (Å²) in [5.74, 6) is 0. The minimum absolute atomic E-state index is 0.0170. The van der Waals surface area contributed by atoms with Crippen LogP contribution >= 0.6 is 11.8 Å². The van der Waals surface area contributed by atoms with E-state index in [0.717, 1.165) is 6.54 Å². The van der Waals surface area contributed by atoms with Crippen LogP contribution in [0.1, 0.15) is 13.8 Å². The summed E-state index contributed by atoms with van der Waals surface area (Å²) in [6.07, 6.45) is -2.16. The zero-order valence-electron chi connectivity index (χ0n) is 9.84. The molecule has 1 fully saturated rings. The predicted molar refractivity (Wildman–Crippen MR) is 61.9 cm³/mol. The molecule has 1 saturated heterocycles. The van der Waals surface area contributed by atoms with Crippen LogP contribution in [0.15, 0.2) is 0 Å². The molecule has 6 heteroatoms. The van der Waals surface area contributed by atoms with Gasteiger partial charge in [-0.1, -0.05) is 0 Å². The first kappa shape index (κ1) is 14.1. The van der Waals surface area contributed by atoms with E-state index >= 15 is 0 Å². The zero-order valence-corrected chi connectivity index (χ0v) is 10.7. The molecule has 96 valence electrons. The third-order valence-corrected chi connectivity index (χ3v) is 3.97. The number of nitrogens with zero attached hydrogens (tertiary/aromatic N) is 1. The monoisotopic (exact) mass is 256 g/mol. The standard InChI is InChI=1S/C10H19F3N2S/c1-7(2)15(6-10(11,12)13)8-4-14-5-9(8)16-3/h7-9,14H,4-6H2,1-3H3. The van der Waals surface area contributed by atoms with Crippen molar-refractivity contribution in [2.45, 2.75) is 37.4 Å². The van der Waals surface area contributed by atoms with Crippen molar-refractivity contribution >= 4 is 11.8 Å². The number of hydrogen-bond donors (Lipinski definition) is 1. The molecule has 1 aliphatic rings. The van der Waals surface area contributed by atoms with Gasteiger partial charge in [-0.3, -0.25) is 4.90 Å². The summed E-state index contributed by atoms with van der Waals surface area (Å²) in [7, 11) is 0. The van der Waals surface area contributed by atoms with Gasteiger partial charge in [0, 0.05) is 30.4 Å². The van der Waals surface area contributed by atoms with Crippen molar-refractivity contribution in [3.8, 4) is 0 Å². The van der Waals surface area contributed by atoms with E-state index < -0.39 is 12.7 Å². The molecule has 1 N–H and O–H groups in total. The highest BCUT2D eigenvalue weighted by Crippen LogP contribution is 2.26. The van der Waals surface area contributed by atoms with Gasteiger partial charge in [-0.05, 0) is 20.1 Å². The lowest BCUT2D eigenvalue weighted by Crippen LogP contribution is -2.50. The highest BCUT2D eigenvalue weighted by molar-refractivity contribution is 7.99. The van der Waals surface area contributed by atoms with E-state index in [2.05, 4.69) is 5.32 Å². The minimum atomic E-state index is -4.12. The molecule has 1 aliphatic heterocycles. The van der Waals surface area contributed by atoms with Gasteiger partial charge in [-0.2, -0.15) is 24.9 Å². The van der Waals surface area contributed by atoms with Crippen LogP contribution in [0.2, 0.25) is 0 Å². The van der Waals surface area contributed by atoms with Gasteiger partial charge in [0.25, 0.3) is 0 Å². The fraction of sp³-hybridized carbons (Fsp3) is 1.00. The SMILES string of the molecule is CSC1CNCC1N(CC(F)(F)F)C(C)C. The molecule has 0 spiro atoms. The Morgan fingerprint density at radius 2 is 2.00 bits per heavy atom. The van der Waals surface area contributed by atoms with Crippen molar-refractivity contribution in [3.05, 3.63) is 0 Å². The first-order chi connectivity index (χ1) is 7.35. The van der Waals surface area contributed by atoms with Crippen molar-refractivity contribution in [1.82, 2.24) is 10.2 Å². The number of halogens is 3. The second-order valence-corrected chi connectivity index (χ2v) is 5.46. The Hall–Kier alpha value is 0.0600. The van der Waals surface area contributed by atoms with Gasteiger partial charge in [0.1, 0.15) is 0 Å². The third-order valence-electron chi connectivity index (χ3n) is 2.88. The van der Waals surface area contributed by atoms with E-state index in [1.165, 1.54) is 0 Å². The second kappa shape index (κ2) is 5.60. The Morgan fingerprint density at radius 3 is 2.44 bits per heavy atom. The van der Waals surface area contributed by atoms with Crippen molar-refractivity contribution in [2.75, 3.05) is 25.9 Å². The minimum Gasteiger partial charge on any atom is -0.314 e. The van der Waals surface area contributed by atoms with Gasteiger partial charge >= 0.3 is 6.18 Å². The van der Waals surface area contributed by atoms with E-state index in [1.54, 1.807) is 16.7 Å². The maximum Gasteiger partial charge on any atom is 0.401 e. The Balaban J connectivity index is 2.69. The van der Waals surface area contributed by atoms with Crippen LogP contribution in [-0.2, 0) is 0 Å². The molecule has 0 aromatic carbocycles. The molecule has 0 aliphatic carbocycles. The van der Waals surface area contributed by atoms with Gasteiger partial charge in [0.15, 0.2) is 0 Å². The number of alkyl halides is 3. The molecule has 0 bridgehead atoms. The molecule has 0 radical (unpaired) electrons. The van der Waals surface area contributed by atoms with E-state index in [-0.39, 0.29) is 17.3 Å². The van der Waals surface area contributed by atoms with Gasteiger partial charge in [0.2, 0.25) is 0 Å². The molecule has 16 heavy (non-hydrogen) atoms. The molecule has 0 amide bonds. The lowest BCUT2D eigenvalue weighted by atomic mass is 10.1. The summed E-state index contributed by atoms with van der Waals surface area (Å²) in [5, 5.41) is 3.42. The van der Waals surface area contributed by atoms with Gasteiger partial charge in [-0.15, -0.1) is 0 Å². The van der Waals surface area contributed by atoms with Crippen LogP contribution in [0.4, 0.5) is 13.2 Å². The van der Waals surface area contributed by atoms with Crippen molar-refractivity contribution in [2.24, 2.45) is 0 Å². The van der Waals surface area contributed by atoms with Crippen LogP contribution < -0.4 is 5.32 Å². The molecule has 0 aromatic rings. The largest absolute Gasteiger partial charge is 0.401 e. The summed E-state index contributed by atoms with van der Waals surface area (Å²) in [6.45, 7) is 4.28. The van der Waals surface area contributed by atoms with Crippen molar-refractivity contribution in [1.29, 1.82) is 0 Å². The predicted octanol–water partition coefficient (Wildman–Crippen LogP) is 1.96. The summed E-state index contributed by atoms with van der Waals surface area (Å²) < 4.78 is 37.4. The van der Waals surface area contributed by atoms with Crippen LogP contribution in [0.25, 0.3) is 0 Å². The Morgan fingerprint density at radius 1 is 1.38 bits per heavy atom. The lowest BCUT2D eigenvalue weighted by molar-refractivity contribution is -0.154. The first-order valence-electron chi connectivity index (χ1n) is 5.41. The van der Waals surface area contributed by atoms with Gasteiger partial charge in [-0.25, -0.2) is 0 Å². The quantitative estimate of drug-likeness (QED) is 0.828. The van der Waals surface area contributed by atoms with E-state index in [1.807, 2.05) is 20.1 Å². The van der Waals surface area contributed by atoms with Crippen LogP contribution in [0.3, 0.4) is 0 Å². The Labute approximate surface area is 98.9 Å². The second-order valence-electron chi connectivity index (χ2n) is 4.38. The van der Waals surface area contributed by atoms with Gasteiger partial charge < -0.3 is 5.32 Å².